The minimum absolute atomic E-state index is 0.0574. The Labute approximate surface area is 548 Å². The van der Waals surface area contributed by atoms with E-state index in [9.17, 15) is 36.7 Å². The number of ketones is 4. The standard InChI is InChI=1S/C76H42F4O14S2/c77-59-25-43-21-49-50(22-44(43)26-60(59)78)66(82)55(65(49)81)29-47-31-57-69(95-47)53-34-64-54(33-63(53)93-75(57,71(85)89-35-39-13-5-1-6-14-39)72(86)90-36-40-15-7-2-8-16-40)70-58(32-48(96-70)30-56-67(83)51-23-45-27-61(79)62(80)28-46(45)24-52(51)68(56)84)76(94-64,73(87)91-37-41-17-9-3-10-18-41)74(88)92-38-42-19-11-4-12-20-42/h1-34H,35-38H2. The van der Waals surface area contributed by atoms with Crippen LogP contribution >= 0.6 is 22.7 Å². The average Bonchev–Trinajstić information content (AvgIpc) is 1.33. The molecule has 0 N–H and O–H groups in total. The molecule has 2 aromatic heterocycles. The van der Waals surface area contributed by atoms with Crippen LogP contribution in [-0.4, -0.2) is 47.0 Å². The maximum atomic E-state index is 15.5. The first-order valence-electron chi connectivity index (χ1n) is 29.6. The Morgan fingerprint density at radius 1 is 0.354 bits per heavy atom. The first-order chi connectivity index (χ1) is 46.4. The minimum Gasteiger partial charge on any atom is -0.459 e. The van der Waals surface area contributed by atoms with Crippen LogP contribution in [0.25, 0.3) is 54.6 Å². The summed E-state index contributed by atoms with van der Waals surface area (Å²) in [5, 5.41) is 0.585. The molecule has 15 rings (SSSR count). The quantitative estimate of drug-likeness (QED) is 0.0249. The first kappa shape index (κ1) is 60.5. The molecule has 96 heavy (non-hydrogen) atoms. The van der Waals surface area contributed by atoms with Gasteiger partial charge in [-0.2, -0.15) is 0 Å². The summed E-state index contributed by atoms with van der Waals surface area (Å²) >= 11 is 1.76. The Bertz CT molecular complexity index is 4730. The maximum absolute atomic E-state index is 15.5. The van der Waals surface area contributed by atoms with E-state index < -0.39 is 81.5 Å². The van der Waals surface area contributed by atoms with Crippen molar-refractivity contribution in [2.24, 2.45) is 0 Å². The normalized spacial score (nSPS) is 14.3. The summed E-state index contributed by atoms with van der Waals surface area (Å²) in [6, 6.07) is 48.4. The van der Waals surface area contributed by atoms with Crippen molar-refractivity contribution < 1.29 is 84.3 Å². The van der Waals surface area contributed by atoms with E-state index in [2.05, 4.69) is 0 Å². The Morgan fingerprint density at radius 2 is 0.615 bits per heavy atom. The molecule has 0 amide bonds. The highest BCUT2D eigenvalue weighted by Gasteiger charge is 2.61. The van der Waals surface area contributed by atoms with E-state index >= 15 is 19.2 Å². The number of benzene rings is 9. The van der Waals surface area contributed by atoms with Gasteiger partial charge in [0, 0.05) is 64.0 Å². The monoisotopic (exact) mass is 1320 g/mol. The van der Waals surface area contributed by atoms with Gasteiger partial charge in [-0.3, -0.25) is 19.2 Å². The third kappa shape index (κ3) is 10.2. The van der Waals surface area contributed by atoms with Gasteiger partial charge in [-0.15, -0.1) is 22.7 Å². The van der Waals surface area contributed by atoms with Gasteiger partial charge in [0.15, 0.2) is 46.4 Å². The lowest BCUT2D eigenvalue weighted by Gasteiger charge is -2.37. The predicted molar refractivity (Wildman–Crippen MR) is 344 cm³/mol. The molecule has 0 bridgehead atoms. The Balaban J connectivity index is 0.924. The van der Waals surface area contributed by atoms with Crippen molar-refractivity contribution in [3.63, 3.8) is 0 Å². The van der Waals surface area contributed by atoms with Crippen molar-refractivity contribution in [2.75, 3.05) is 0 Å². The lowest BCUT2D eigenvalue weighted by Crippen LogP contribution is -2.52. The highest BCUT2D eigenvalue weighted by molar-refractivity contribution is 7.17. The fourth-order valence-electron chi connectivity index (χ4n) is 12.2. The van der Waals surface area contributed by atoms with E-state index in [1.54, 1.807) is 121 Å². The highest BCUT2D eigenvalue weighted by atomic mass is 32.1. The number of esters is 4. The van der Waals surface area contributed by atoms with E-state index in [0.717, 1.165) is 46.9 Å². The molecule has 470 valence electrons. The number of ether oxygens (including phenoxy) is 6. The van der Waals surface area contributed by atoms with Crippen molar-refractivity contribution in [1.82, 2.24) is 0 Å². The highest BCUT2D eigenvalue weighted by Crippen LogP contribution is 2.58. The summed E-state index contributed by atoms with van der Waals surface area (Å²) < 4.78 is 96.0. The molecule has 0 atom stereocenters. The molecule has 0 spiro atoms. The second kappa shape index (κ2) is 23.7. The number of thiophene rings is 2. The fourth-order valence-corrected chi connectivity index (χ4v) is 14.5. The molecule has 0 radical (unpaired) electrons. The molecule has 2 aliphatic carbocycles. The van der Waals surface area contributed by atoms with Crippen LogP contribution in [-0.2, 0) is 75.8 Å². The molecular formula is C76H42F4O14S2. The largest absolute Gasteiger partial charge is 0.459 e. The van der Waals surface area contributed by atoms with E-state index in [1.165, 1.54) is 60.7 Å². The van der Waals surface area contributed by atoms with Crippen LogP contribution in [0.15, 0.2) is 205 Å². The summed E-state index contributed by atoms with van der Waals surface area (Å²) in [5.41, 5.74) is -5.13. The Morgan fingerprint density at radius 3 is 0.875 bits per heavy atom. The van der Waals surface area contributed by atoms with Crippen LogP contribution in [0.1, 0.15) is 84.6 Å². The molecule has 14 nitrogen and oxygen atoms in total. The van der Waals surface area contributed by atoms with E-state index in [-0.39, 0.29) is 135 Å². The molecule has 0 saturated carbocycles. The number of allylic oxidation sites excluding steroid dienone is 2. The average molecular weight is 1320 g/mol. The van der Waals surface area contributed by atoms with E-state index in [1.807, 2.05) is 0 Å². The van der Waals surface area contributed by atoms with Gasteiger partial charge in [-0.25, -0.2) is 36.7 Å². The molecule has 2 aliphatic heterocycles. The van der Waals surface area contributed by atoms with Crippen LogP contribution in [0.3, 0.4) is 0 Å². The molecule has 0 saturated heterocycles. The third-order valence-electron chi connectivity index (χ3n) is 16.9. The van der Waals surface area contributed by atoms with Gasteiger partial charge in [-0.05, 0) is 129 Å². The topological polar surface area (TPSA) is 192 Å². The molecule has 4 heterocycles. The summed E-state index contributed by atoms with van der Waals surface area (Å²) in [4.78, 5) is 120. The van der Waals surface area contributed by atoms with Crippen molar-refractivity contribution in [3.8, 4) is 32.4 Å². The van der Waals surface area contributed by atoms with Gasteiger partial charge in [0.05, 0.1) is 11.1 Å². The number of carbonyl (C=O) groups excluding carboxylic acids is 8. The number of hydrogen-bond acceptors (Lipinski definition) is 16. The fraction of sp³-hybridized carbons (Fsp3) is 0.0789. The second-order valence-corrected chi connectivity index (χ2v) is 25.1. The Kier molecular flexibility index (Phi) is 14.9. The van der Waals surface area contributed by atoms with Crippen molar-refractivity contribution >= 4 is 103 Å². The first-order valence-corrected chi connectivity index (χ1v) is 31.3. The van der Waals surface area contributed by atoms with Crippen LogP contribution in [0.5, 0.6) is 11.5 Å². The summed E-state index contributed by atoms with van der Waals surface area (Å²) in [6.45, 7) is -1.54. The number of carbonyl (C=O) groups is 8. The van der Waals surface area contributed by atoms with Gasteiger partial charge < -0.3 is 28.4 Å². The van der Waals surface area contributed by atoms with Crippen molar-refractivity contribution in [1.29, 1.82) is 0 Å². The summed E-state index contributed by atoms with van der Waals surface area (Å²) in [7, 11) is 0. The van der Waals surface area contributed by atoms with Crippen LogP contribution in [0.4, 0.5) is 17.6 Å². The zero-order valence-corrected chi connectivity index (χ0v) is 51.1. The molecule has 9 aromatic carbocycles. The molecule has 0 fully saturated rings. The van der Waals surface area contributed by atoms with Gasteiger partial charge in [0.1, 0.15) is 37.9 Å². The molecule has 20 heteroatoms. The number of Topliss-reactive ketones (excluding diaryl/α,β-unsaturated/α-hetero) is 4. The number of fused-ring (bicyclic) bond motifs is 10. The van der Waals surface area contributed by atoms with Gasteiger partial charge in [0.25, 0.3) is 0 Å². The lowest BCUT2D eigenvalue weighted by atomic mass is 9.85. The van der Waals surface area contributed by atoms with Crippen molar-refractivity contribution in [3.05, 3.63) is 294 Å². The van der Waals surface area contributed by atoms with Gasteiger partial charge in [0.2, 0.25) is 0 Å². The molecular weight excluding hydrogens is 1280 g/mol. The van der Waals surface area contributed by atoms with Gasteiger partial charge >= 0.3 is 35.1 Å². The number of hydrogen-bond donors (Lipinski definition) is 0. The van der Waals surface area contributed by atoms with Crippen molar-refractivity contribution in [2.45, 2.75) is 37.6 Å². The maximum Gasteiger partial charge on any atom is 0.367 e. The molecule has 11 aromatic rings. The molecule has 4 aliphatic rings. The zero-order valence-electron chi connectivity index (χ0n) is 49.5. The minimum atomic E-state index is -2.87. The van der Waals surface area contributed by atoms with Crippen LogP contribution < -0.4 is 9.47 Å². The predicted octanol–water partition coefficient (Wildman–Crippen LogP) is 15.1. The third-order valence-corrected chi connectivity index (χ3v) is 19.2. The molecule has 0 unspecified atom stereocenters. The number of rotatable bonds is 14. The van der Waals surface area contributed by atoms with E-state index in [0.29, 0.717) is 22.3 Å². The number of halogens is 4. The lowest BCUT2D eigenvalue weighted by molar-refractivity contribution is -0.185. The second-order valence-electron chi connectivity index (χ2n) is 22.9. The van der Waals surface area contributed by atoms with Gasteiger partial charge in [-0.1, -0.05) is 121 Å². The zero-order chi connectivity index (χ0) is 66.3. The summed E-state index contributed by atoms with van der Waals surface area (Å²) in [6.07, 6.45) is 2.49. The SMILES string of the molecule is O=C1C(=Cc2cc3c(s2)-c2cc4c(cc2OC3(C(=O)OCc2ccccc2)C(=O)OCc2ccccc2)-c2sc(C=C3C(=O)c5cc6cc(F)c(F)cc6cc5C3=O)cc2C(C(=O)OCc2ccccc2)(C(=O)OCc2ccccc2)O4)C(=O)c2cc3cc(F)c(F)cc3cc21. The van der Waals surface area contributed by atoms with E-state index in [4.69, 9.17) is 28.4 Å². The Hall–Kier alpha value is -11.7. The smallest absolute Gasteiger partial charge is 0.367 e. The van der Waals surface area contributed by atoms with Crippen LogP contribution in [0, 0.1) is 23.3 Å². The summed E-state index contributed by atoms with van der Waals surface area (Å²) in [5.74, 6) is -13.3. The van der Waals surface area contributed by atoms with Crippen LogP contribution in [0.2, 0.25) is 0 Å².